The summed E-state index contributed by atoms with van der Waals surface area (Å²) in [6.45, 7) is 4.52. The topological polar surface area (TPSA) is 9.23 Å². The lowest BCUT2D eigenvalue weighted by atomic mass is 10.1. The summed E-state index contributed by atoms with van der Waals surface area (Å²) < 4.78 is 5.42. The second-order valence-corrected chi connectivity index (χ2v) is 4.89. The van der Waals surface area contributed by atoms with Crippen molar-refractivity contribution in [2.75, 3.05) is 7.11 Å². The van der Waals surface area contributed by atoms with Gasteiger partial charge in [-0.15, -0.1) is 0 Å². The average Bonchev–Trinajstić information content (AvgIpc) is 2.36. The molecule has 0 aliphatic heterocycles. The molecule has 0 saturated carbocycles. The molecule has 0 N–H and O–H groups in total. The lowest BCUT2D eigenvalue weighted by molar-refractivity contribution is 0.271. The summed E-state index contributed by atoms with van der Waals surface area (Å²) in [5.41, 5.74) is 0. The predicted molar refractivity (Wildman–Crippen MR) is 77.2 cm³/mol. The van der Waals surface area contributed by atoms with Gasteiger partial charge in [0.15, 0.2) is 0 Å². The van der Waals surface area contributed by atoms with Gasteiger partial charge in [0, 0.05) is 6.42 Å². The van der Waals surface area contributed by atoms with E-state index in [4.69, 9.17) is 4.74 Å². The van der Waals surface area contributed by atoms with Crippen LogP contribution in [0.1, 0.15) is 84.5 Å². The standard InChI is InChI=1S/C16H32O/c1-4-6-8-10-12-14-16(17-3)15-13-11-9-7-5-2/h14H,4-13,15H2,1-3H3. The van der Waals surface area contributed by atoms with E-state index >= 15 is 0 Å². The van der Waals surface area contributed by atoms with Crippen LogP contribution in [-0.4, -0.2) is 7.11 Å². The van der Waals surface area contributed by atoms with Crippen molar-refractivity contribution >= 4 is 0 Å². The molecular formula is C16H32O. The third-order valence-electron chi connectivity index (χ3n) is 3.22. The van der Waals surface area contributed by atoms with Gasteiger partial charge in [-0.2, -0.15) is 0 Å². The van der Waals surface area contributed by atoms with Crippen LogP contribution < -0.4 is 0 Å². The van der Waals surface area contributed by atoms with E-state index in [0.717, 1.165) is 6.42 Å². The van der Waals surface area contributed by atoms with Crippen LogP contribution in [0.25, 0.3) is 0 Å². The van der Waals surface area contributed by atoms with E-state index in [1.165, 1.54) is 70.0 Å². The minimum Gasteiger partial charge on any atom is -0.501 e. The monoisotopic (exact) mass is 240 g/mol. The first-order valence-corrected chi connectivity index (χ1v) is 7.58. The first-order valence-electron chi connectivity index (χ1n) is 7.58. The van der Waals surface area contributed by atoms with Crippen LogP contribution in [0.3, 0.4) is 0 Å². The van der Waals surface area contributed by atoms with Crippen LogP contribution in [-0.2, 0) is 4.74 Å². The quantitative estimate of drug-likeness (QED) is 0.307. The molecule has 0 aromatic rings. The first kappa shape index (κ1) is 16.5. The maximum atomic E-state index is 5.42. The zero-order valence-electron chi connectivity index (χ0n) is 12.3. The van der Waals surface area contributed by atoms with Crippen LogP contribution in [0.15, 0.2) is 11.8 Å². The van der Waals surface area contributed by atoms with Crippen molar-refractivity contribution in [3.8, 4) is 0 Å². The first-order chi connectivity index (χ1) is 8.35. The molecule has 0 bridgehead atoms. The Morgan fingerprint density at radius 2 is 1.41 bits per heavy atom. The number of hydrogen-bond acceptors (Lipinski definition) is 1. The SMILES string of the molecule is CCCCCCC=C(CCCCCCC)OC. The summed E-state index contributed by atoms with van der Waals surface area (Å²) in [6.07, 6.45) is 16.7. The minimum atomic E-state index is 1.13. The van der Waals surface area contributed by atoms with Crippen LogP contribution >= 0.6 is 0 Å². The Labute approximate surface area is 109 Å². The highest BCUT2D eigenvalue weighted by molar-refractivity contribution is 4.92. The van der Waals surface area contributed by atoms with Crippen LogP contribution in [0.2, 0.25) is 0 Å². The lowest BCUT2D eigenvalue weighted by Crippen LogP contribution is -1.88. The predicted octanol–water partition coefficient (Wildman–Crippen LogP) is 5.85. The van der Waals surface area contributed by atoms with Crippen LogP contribution in [0.5, 0.6) is 0 Å². The summed E-state index contributed by atoms with van der Waals surface area (Å²) in [5, 5.41) is 0. The van der Waals surface area contributed by atoms with E-state index in [2.05, 4.69) is 19.9 Å². The number of ether oxygens (including phenoxy) is 1. The third-order valence-corrected chi connectivity index (χ3v) is 3.22. The Hall–Kier alpha value is -0.460. The molecule has 0 aromatic carbocycles. The highest BCUT2D eigenvalue weighted by Gasteiger charge is 1.97. The largest absolute Gasteiger partial charge is 0.501 e. The molecular weight excluding hydrogens is 208 g/mol. The van der Waals surface area contributed by atoms with Gasteiger partial charge in [-0.05, 0) is 25.3 Å². The highest BCUT2D eigenvalue weighted by atomic mass is 16.5. The maximum absolute atomic E-state index is 5.42. The van der Waals surface area contributed by atoms with E-state index < -0.39 is 0 Å². The number of rotatable bonds is 12. The summed E-state index contributed by atoms with van der Waals surface area (Å²) in [7, 11) is 1.81. The van der Waals surface area contributed by atoms with Gasteiger partial charge in [0.05, 0.1) is 12.9 Å². The molecule has 0 heterocycles. The molecule has 0 atom stereocenters. The Kier molecular flexibility index (Phi) is 13.2. The van der Waals surface area contributed by atoms with Gasteiger partial charge in [-0.3, -0.25) is 0 Å². The summed E-state index contributed by atoms with van der Waals surface area (Å²) in [6, 6.07) is 0. The Bertz CT molecular complexity index is 172. The van der Waals surface area contributed by atoms with Gasteiger partial charge in [0.1, 0.15) is 0 Å². The molecule has 0 rings (SSSR count). The van der Waals surface area contributed by atoms with Crippen LogP contribution in [0.4, 0.5) is 0 Å². The fourth-order valence-corrected chi connectivity index (χ4v) is 2.02. The molecule has 0 aliphatic rings. The number of allylic oxidation sites excluding steroid dienone is 2. The molecule has 0 unspecified atom stereocenters. The number of methoxy groups -OCH3 is 1. The second kappa shape index (κ2) is 13.6. The number of unbranched alkanes of at least 4 members (excludes halogenated alkanes) is 8. The van der Waals surface area contributed by atoms with Crippen molar-refractivity contribution in [1.29, 1.82) is 0 Å². The van der Waals surface area contributed by atoms with Crippen molar-refractivity contribution in [2.45, 2.75) is 84.5 Å². The van der Waals surface area contributed by atoms with Crippen molar-refractivity contribution in [1.82, 2.24) is 0 Å². The zero-order valence-corrected chi connectivity index (χ0v) is 12.3. The summed E-state index contributed by atoms with van der Waals surface area (Å²) >= 11 is 0. The van der Waals surface area contributed by atoms with E-state index in [-0.39, 0.29) is 0 Å². The molecule has 1 heteroatoms. The van der Waals surface area contributed by atoms with Crippen molar-refractivity contribution in [2.24, 2.45) is 0 Å². The average molecular weight is 240 g/mol. The summed E-state index contributed by atoms with van der Waals surface area (Å²) in [4.78, 5) is 0. The Balaban J connectivity index is 3.49. The number of hydrogen-bond donors (Lipinski definition) is 0. The van der Waals surface area contributed by atoms with Gasteiger partial charge in [-0.25, -0.2) is 0 Å². The smallest absolute Gasteiger partial charge is 0.0915 e. The van der Waals surface area contributed by atoms with E-state index in [1.807, 2.05) is 7.11 Å². The molecule has 0 fully saturated rings. The van der Waals surface area contributed by atoms with Crippen molar-refractivity contribution in [3.63, 3.8) is 0 Å². The lowest BCUT2D eigenvalue weighted by Gasteiger charge is -2.06. The van der Waals surface area contributed by atoms with Gasteiger partial charge >= 0.3 is 0 Å². The zero-order chi connectivity index (χ0) is 12.8. The fraction of sp³-hybridized carbons (Fsp3) is 0.875. The molecule has 17 heavy (non-hydrogen) atoms. The highest BCUT2D eigenvalue weighted by Crippen LogP contribution is 2.13. The van der Waals surface area contributed by atoms with Crippen LogP contribution in [0, 0.1) is 0 Å². The van der Waals surface area contributed by atoms with E-state index in [0.29, 0.717) is 0 Å². The molecule has 0 aliphatic carbocycles. The molecule has 0 spiro atoms. The molecule has 1 nitrogen and oxygen atoms in total. The Morgan fingerprint density at radius 3 is 2.00 bits per heavy atom. The third kappa shape index (κ3) is 11.8. The molecule has 0 amide bonds. The van der Waals surface area contributed by atoms with Crippen molar-refractivity contribution < 1.29 is 4.74 Å². The van der Waals surface area contributed by atoms with Gasteiger partial charge in [0.2, 0.25) is 0 Å². The van der Waals surface area contributed by atoms with E-state index in [1.54, 1.807) is 0 Å². The van der Waals surface area contributed by atoms with Gasteiger partial charge in [-0.1, -0.05) is 58.8 Å². The maximum Gasteiger partial charge on any atom is 0.0915 e. The van der Waals surface area contributed by atoms with Gasteiger partial charge in [0.25, 0.3) is 0 Å². The molecule has 0 saturated heterocycles. The minimum absolute atomic E-state index is 1.13. The molecule has 0 radical (unpaired) electrons. The second-order valence-electron chi connectivity index (χ2n) is 4.89. The Morgan fingerprint density at radius 1 is 0.824 bits per heavy atom. The normalized spacial score (nSPS) is 11.8. The molecule has 0 aromatic heterocycles. The van der Waals surface area contributed by atoms with Crippen molar-refractivity contribution in [3.05, 3.63) is 11.8 Å². The van der Waals surface area contributed by atoms with E-state index in [9.17, 15) is 0 Å². The molecule has 102 valence electrons. The fourth-order valence-electron chi connectivity index (χ4n) is 2.02. The summed E-state index contributed by atoms with van der Waals surface area (Å²) in [5.74, 6) is 1.21. The van der Waals surface area contributed by atoms with Gasteiger partial charge < -0.3 is 4.74 Å².